The first kappa shape index (κ1) is 14.4. The zero-order valence-corrected chi connectivity index (χ0v) is 11.0. The van der Waals surface area contributed by atoms with Gasteiger partial charge in [0.25, 0.3) is 11.6 Å². The number of pyridine rings is 1. The number of amides is 1. The van der Waals surface area contributed by atoms with E-state index >= 15 is 0 Å². The van der Waals surface area contributed by atoms with E-state index in [0.717, 1.165) is 19.0 Å². The number of unbranched alkanes of at least 4 members (excludes halogenated alkanes) is 1. The van der Waals surface area contributed by atoms with Crippen molar-refractivity contribution in [3.8, 4) is 0 Å². The molecular formula is C11H14ClN3O3. The van der Waals surface area contributed by atoms with Crippen molar-refractivity contribution in [3.63, 3.8) is 0 Å². The summed E-state index contributed by atoms with van der Waals surface area (Å²) in [6, 6.07) is 1.23. The van der Waals surface area contributed by atoms with Crippen LogP contribution in [0.1, 0.15) is 30.1 Å². The molecule has 0 bridgehead atoms. The van der Waals surface area contributed by atoms with Crippen LogP contribution in [-0.2, 0) is 0 Å². The van der Waals surface area contributed by atoms with Gasteiger partial charge in [-0.05, 0) is 12.5 Å². The molecule has 0 aliphatic carbocycles. The number of carbonyl (C=O) groups is 1. The molecule has 0 aliphatic heterocycles. The molecule has 7 heteroatoms. The fraction of sp³-hybridized carbons (Fsp3) is 0.455. The van der Waals surface area contributed by atoms with Crippen LogP contribution in [0.5, 0.6) is 0 Å². The minimum atomic E-state index is -0.635. The van der Waals surface area contributed by atoms with Crippen molar-refractivity contribution in [3.05, 3.63) is 33.1 Å². The number of nitro groups is 1. The Balaban J connectivity index is 3.03. The van der Waals surface area contributed by atoms with Gasteiger partial charge in [0.15, 0.2) is 0 Å². The molecule has 98 valence electrons. The number of halogens is 1. The maximum absolute atomic E-state index is 12.1. The Bertz CT molecular complexity index is 465. The third kappa shape index (κ3) is 3.40. The van der Waals surface area contributed by atoms with E-state index in [1.54, 1.807) is 7.05 Å². The summed E-state index contributed by atoms with van der Waals surface area (Å²) >= 11 is 5.67. The molecule has 1 amide bonds. The number of aromatic nitrogens is 1. The summed E-state index contributed by atoms with van der Waals surface area (Å²) in [4.78, 5) is 27.3. The van der Waals surface area contributed by atoms with Crippen molar-refractivity contribution in [1.82, 2.24) is 9.88 Å². The quantitative estimate of drug-likeness (QED) is 0.468. The SMILES string of the molecule is CCCCN(C)C(=O)c1cc(Cl)ncc1[N+](=O)[O-]. The average Bonchev–Trinajstić information content (AvgIpc) is 2.34. The van der Waals surface area contributed by atoms with Crippen LogP contribution in [0.2, 0.25) is 5.15 Å². The highest BCUT2D eigenvalue weighted by molar-refractivity contribution is 6.29. The maximum atomic E-state index is 12.1. The van der Waals surface area contributed by atoms with Crippen molar-refractivity contribution in [2.75, 3.05) is 13.6 Å². The number of hydrogen-bond acceptors (Lipinski definition) is 4. The normalized spacial score (nSPS) is 10.2. The molecule has 0 aliphatic rings. The van der Waals surface area contributed by atoms with Crippen molar-refractivity contribution < 1.29 is 9.72 Å². The zero-order valence-electron chi connectivity index (χ0n) is 10.2. The average molecular weight is 272 g/mol. The van der Waals surface area contributed by atoms with E-state index in [2.05, 4.69) is 4.98 Å². The molecule has 1 heterocycles. The highest BCUT2D eigenvalue weighted by atomic mass is 35.5. The molecular weight excluding hydrogens is 258 g/mol. The monoisotopic (exact) mass is 271 g/mol. The molecule has 1 rings (SSSR count). The Kier molecular flexibility index (Phi) is 5.03. The third-order valence-electron chi connectivity index (χ3n) is 2.47. The highest BCUT2D eigenvalue weighted by Crippen LogP contribution is 2.21. The second-order valence-corrected chi connectivity index (χ2v) is 4.25. The summed E-state index contributed by atoms with van der Waals surface area (Å²) < 4.78 is 0. The lowest BCUT2D eigenvalue weighted by atomic mass is 10.2. The van der Waals surface area contributed by atoms with Gasteiger partial charge in [0, 0.05) is 13.6 Å². The van der Waals surface area contributed by atoms with Crippen molar-refractivity contribution in [1.29, 1.82) is 0 Å². The second kappa shape index (κ2) is 6.30. The Morgan fingerprint density at radius 1 is 1.61 bits per heavy atom. The first-order valence-electron chi connectivity index (χ1n) is 5.52. The first-order valence-corrected chi connectivity index (χ1v) is 5.90. The molecule has 0 atom stereocenters. The Morgan fingerprint density at radius 2 is 2.28 bits per heavy atom. The summed E-state index contributed by atoms with van der Waals surface area (Å²) in [5, 5.41) is 10.9. The van der Waals surface area contributed by atoms with Gasteiger partial charge in [-0.1, -0.05) is 24.9 Å². The van der Waals surface area contributed by atoms with Crippen LogP contribution in [0.25, 0.3) is 0 Å². The number of carbonyl (C=O) groups excluding carboxylic acids is 1. The van der Waals surface area contributed by atoms with E-state index < -0.39 is 10.8 Å². The van der Waals surface area contributed by atoms with Gasteiger partial charge >= 0.3 is 0 Å². The summed E-state index contributed by atoms with van der Waals surface area (Å²) in [6.45, 7) is 2.55. The summed E-state index contributed by atoms with van der Waals surface area (Å²) in [5.74, 6) is -0.417. The van der Waals surface area contributed by atoms with E-state index in [1.165, 1.54) is 11.0 Å². The lowest BCUT2D eigenvalue weighted by molar-refractivity contribution is -0.385. The molecule has 0 aromatic carbocycles. The first-order chi connectivity index (χ1) is 8.47. The van der Waals surface area contributed by atoms with Gasteiger partial charge < -0.3 is 4.90 Å². The van der Waals surface area contributed by atoms with Gasteiger partial charge in [-0.25, -0.2) is 4.98 Å². The lowest BCUT2D eigenvalue weighted by Crippen LogP contribution is -2.28. The van der Waals surface area contributed by atoms with Crippen LogP contribution in [0.3, 0.4) is 0 Å². The maximum Gasteiger partial charge on any atom is 0.300 e. The standard InChI is InChI=1S/C11H14ClN3O3/c1-3-4-5-14(2)11(16)8-6-10(12)13-7-9(8)15(17)18/h6-7H,3-5H2,1-2H3. The molecule has 0 spiro atoms. The van der Waals surface area contributed by atoms with E-state index in [1.807, 2.05) is 6.92 Å². The smallest absolute Gasteiger partial charge is 0.300 e. The van der Waals surface area contributed by atoms with Crippen LogP contribution >= 0.6 is 11.6 Å². The van der Waals surface area contributed by atoms with Gasteiger partial charge in [0.1, 0.15) is 16.9 Å². The predicted molar refractivity (Wildman–Crippen MR) is 67.8 cm³/mol. The van der Waals surface area contributed by atoms with Gasteiger partial charge in [0.05, 0.1) is 4.92 Å². The summed E-state index contributed by atoms with van der Waals surface area (Å²) in [7, 11) is 1.61. The molecule has 0 fully saturated rings. The molecule has 18 heavy (non-hydrogen) atoms. The molecule has 6 nitrogen and oxygen atoms in total. The molecule has 1 aromatic rings. The Labute approximate surface area is 110 Å². The van der Waals surface area contributed by atoms with E-state index in [-0.39, 0.29) is 16.4 Å². The molecule has 1 aromatic heterocycles. The van der Waals surface area contributed by atoms with Crippen LogP contribution < -0.4 is 0 Å². The van der Waals surface area contributed by atoms with Crippen LogP contribution in [0.15, 0.2) is 12.3 Å². The van der Waals surface area contributed by atoms with E-state index in [0.29, 0.717) is 6.54 Å². The topological polar surface area (TPSA) is 76.3 Å². The fourth-order valence-electron chi connectivity index (χ4n) is 1.44. The molecule has 0 saturated heterocycles. The van der Waals surface area contributed by atoms with E-state index in [4.69, 9.17) is 11.6 Å². The van der Waals surface area contributed by atoms with Gasteiger partial charge in [-0.2, -0.15) is 0 Å². The summed E-state index contributed by atoms with van der Waals surface area (Å²) in [6.07, 6.45) is 2.79. The van der Waals surface area contributed by atoms with Crippen LogP contribution in [0.4, 0.5) is 5.69 Å². The molecule has 0 saturated carbocycles. The minimum absolute atomic E-state index is 0.0291. The van der Waals surface area contributed by atoms with Crippen molar-refractivity contribution in [2.45, 2.75) is 19.8 Å². The Hall–Kier alpha value is -1.69. The molecule has 0 radical (unpaired) electrons. The number of nitrogens with zero attached hydrogens (tertiary/aromatic N) is 3. The van der Waals surface area contributed by atoms with Gasteiger partial charge in [-0.15, -0.1) is 0 Å². The molecule has 0 unspecified atom stereocenters. The predicted octanol–water partition coefficient (Wildman–Crippen LogP) is 2.52. The fourth-order valence-corrected chi connectivity index (χ4v) is 1.60. The van der Waals surface area contributed by atoms with Crippen molar-refractivity contribution >= 4 is 23.2 Å². The van der Waals surface area contributed by atoms with Gasteiger partial charge in [-0.3, -0.25) is 14.9 Å². The third-order valence-corrected chi connectivity index (χ3v) is 2.68. The van der Waals surface area contributed by atoms with Crippen LogP contribution in [-0.4, -0.2) is 34.3 Å². The minimum Gasteiger partial charge on any atom is -0.341 e. The summed E-state index contributed by atoms with van der Waals surface area (Å²) in [5.41, 5.74) is -0.355. The van der Waals surface area contributed by atoms with Gasteiger partial charge in [0.2, 0.25) is 0 Å². The highest BCUT2D eigenvalue weighted by Gasteiger charge is 2.23. The van der Waals surface area contributed by atoms with E-state index in [9.17, 15) is 14.9 Å². The Morgan fingerprint density at radius 3 is 2.83 bits per heavy atom. The zero-order chi connectivity index (χ0) is 13.7. The lowest BCUT2D eigenvalue weighted by Gasteiger charge is -2.16. The van der Waals surface area contributed by atoms with Crippen LogP contribution in [0, 0.1) is 10.1 Å². The second-order valence-electron chi connectivity index (χ2n) is 3.86. The largest absolute Gasteiger partial charge is 0.341 e. The molecule has 0 N–H and O–H groups in total. The number of rotatable bonds is 5. The number of hydrogen-bond donors (Lipinski definition) is 0. The van der Waals surface area contributed by atoms with Crippen molar-refractivity contribution in [2.24, 2.45) is 0 Å².